The number of benzene rings is 3. The van der Waals surface area contributed by atoms with Gasteiger partial charge in [0.1, 0.15) is 0 Å². The van der Waals surface area contributed by atoms with Crippen molar-refractivity contribution in [3.63, 3.8) is 0 Å². The maximum Gasteiger partial charge on any atom is 0.337 e. The Balaban J connectivity index is 1.88. The number of rotatable bonds is 8. The van der Waals surface area contributed by atoms with Crippen LogP contribution in [-0.2, 0) is 34.6 Å². The zero-order valence-electron chi connectivity index (χ0n) is 20.4. The lowest BCUT2D eigenvalue weighted by Gasteiger charge is -2.33. The maximum absolute atomic E-state index is 13.7. The predicted octanol–water partition coefficient (Wildman–Crippen LogP) is 5.49. The first-order valence-corrected chi connectivity index (χ1v) is 13.7. The second-order valence-electron chi connectivity index (χ2n) is 8.36. The number of carbonyl (C=O) groups excluding carboxylic acids is 2. The third-order valence-electron chi connectivity index (χ3n) is 6.05. The number of esters is 2. The van der Waals surface area contributed by atoms with Crippen LogP contribution in [0.4, 0.5) is 11.4 Å². The number of halogens is 2. The lowest BCUT2D eigenvalue weighted by molar-refractivity contribution is -0.149. The van der Waals surface area contributed by atoms with E-state index in [1.165, 1.54) is 43.5 Å². The van der Waals surface area contributed by atoms with E-state index in [2.05, 4.69) is 10.0 Å². The largest absolute Gasteiger partial charge is 0.466 e. The Bertz CT molecular complexity index is 1510. The Morgan fingerprint density at radius 1 is 1.08 bits per heavy atom. The van der Waals surface area contributed by atoms with Crippen molar-refractivity contribution in [2.24, 2.45) is 0 Å². The number of fused-ring (bicyclic) bond motifs is 1. The van der Waals surface area contributed by atoms with Crippen LogP contribution in [0.2, 0.25) is 10.0 Å². The lowest BCUT2D eigenvalue weighted by Crippen LogP contribution is -2.45. The quantitative estimate of drug-likeness (QED) is 0.270. The van der Waals surface area contributed by atoms with Gasteiger partial charge in [0, 0.05) is 39.0 Å². The van der Waals surface area contributed by atoms with Crippen molar-refractivity contribution < 1.29 is 27.5 Å². The Morgan fingerprint density at radius 3 is 2.50 bits per heavy atom. The topological polar surface area (TPSA) is 111 Å². The van der Waals surface area contributed by atoms with E-state index in [9.17, 15) is 18.0 Å². The van der Waals surface area contributed by atoms with E-state index in [0.29, 0.717) is 21.8 Å². The van der Waals surface area contributed by atoms with Gasteiger partial charge in [0.15, 0.2) is 5.54 Å². The molecule has 0 bridgehead atoms. The average Bonchev–Trinajstić information content (AvgIpc) is 3.23. The smallest absolute Gasteiger partial charge is 0.337 e. The number of hydrogen-bond acceptors (Lipinski definition) is 7. The van der Waals surface area contributed by atoms with Gasteiger partial charge in [0.25, 0.3) is 10.0 Å². The molecule has 1 aliphatic rings. The van der Waals surface area contributed by atoms with Gasteiger partial charge in [0.05, 0.1) is 18.6 Å². The van der Waals surface area contributed by atoms with E-state index in [1.807, 2.05) is 0 Å². The highest BCUT2D eigenvalue weighted by atomic mass is 35.5. The summed E-state index contributed by atoms with van der Waals surface area (Å²) >= 11 is 12.8. The van der Waals surface area contributed by atoms with Crippen LogP contribution in [0, 0.1) is 0 Å². The summed E-state index contributed by atoms with van der Waals surface area (Å²) in [6.45, 7) is 1.74. The maximum atomic E-state index is 13.7. The second-order valence-corrected chi connectivity index (χ2v) is 10.9. The van der Waals surface area contributed by atoms with Crippen molar-refractivity contribution in [3.8, 4) is 0 Å². The molecule has 4 rings (SSSR count). The van der Waals surface area contributed by atoms with Crippen LogP contribution in [0.5, 0.6) is 0 Å². The standard InChI is InChI=1S/C27H24Cl2N2O6S/c1-3-37-26(33)27(17-8-7-9-19(14-17)31-38(34,35)20-10-5-4-6-11-20)21(12-13-24(32)36-2)25-22(29)15-18(28)16-23(25)30-27/h4-16,21,30-31H,3H2,1-2H3/b13-12-. The molecule has 0 amide bonds. The normalized spacial score (nSPS) is 18.5. The Hall–Kier alpha value is -3.53. The van der Waals surface area contributed by atoms with Crippen LogP contribution in [0.3, 0.4) is 0 Å². The van der Waals surface area contributed by atoms with E-state index >= 15 is 0 Å². The third-order valence-corrected chi connectivity index (χ3v) is 7.98. The number of carbonyl (C=O) groups is 2. The highest BCUT2D eigenvalue weighted by Gasteiger charge is 2.54. The summed E-state index contributed by atoms with van der Waals surface area (Å²) in [5, 5.41) is 3.82. The summed E-state index contributed by atoms with van der Waals surface area (Å²) in [7, 11) is -2.67. The van der Waals surface area contributed by atoms with Gasteiger partial charge < -0.3 is 14.8 Å². The number of methoxy groups -OCH3 is 1. The summed E-state index contributed by atoms with van der Waals surface area (Å²) < 4.78 is 38.7. The minimum Gasteiger partial charge on any atom is -0.466 e. The number of anilines is 2. The van der Waals surface area contributed by atoms with Gasteiger partial charge in [0.2, 0.25) is 0 Å². The summed E-state index contributed by atoms with van der Waals surface area (Å²) in [6.07, 6.45) is 2.70. The fraction of sp³-hybridized carbons (Fsp3) is 0.185. The Labute approximate surface area is 230 Å². The summed E-state index contributed by atoms with van der Waals surface area (Å²) in [5.74, 6) is -2.14. The molecule has 198 valence electrons. The molecule has 3 aromatic rings. The molecule has 8 nitrogen and oxygen atoms in total. The first kappa shape index (κ1) is 27.5. The zero-order valence-corrected chi connectivity index (χ0v) is 22.7. The minimum atomic E-state index is -3.91. The Morgan fingerprint density at radius 2 is 1.82 bits per heavy atom. The third kappa shape index (κ3) is 5.22. The monoisotopic (exact) mass is 574 g/mol. The molecule has 2 atom stereocenters. The van der Waals surface area contributed by atoms with Gasteiger partial charge in [-0.3, -0.25) is 4.72 Å². The zero-order chi connectivity index (χ0) is 27.5. The van der Waals surface area contributed by atoms with E-state index in [4.69, 9.17) is 32.7 Å². The van der Waals surface area contributed by atoms with Crippen LogP contribution in [0.1, 0.15) is 24.0 Å². The van der Waals surface area contributed by atoms with Crippen molar-refractivity contribution in [1.82, 2.24) is 0 Å². The first-order valence-electron chi connectivity index (χ1n) is 11.5. The molecular weight excluding hydrogens is 551 g/mol. The highest BCUT2D eigenvalue weighted by Crippen LogP contribution is 2.53. The number of sulfonamides is 1. The molecular formula is C27H24Cl2N2O6S. The first-order chi connectivity index (χ1) is 18.1. The van der Waals surface area contributed by atoms with E-state index in [1.54, 1.807) is 49.4 Å². The van der Waals surface area contributed by atoms with Crippen molar-refractivity contribution in [1.29, 1.82) is 0 Å². The lowest BCUT2D eigenvalue weighted by atomic mass is 9.77. The van der Waals surface area contributed by atoms with Gasteiger partial charge in [-0.15, -0.1) is 0 Å². The van der Waals surface area contributed by atoms with Crippen molar-refractivity contribution in [2.75, 3.05) is 23.8 Å². The van der Waals surface area contributed by atoms with Gasteiger partial charge >= 0.3 is 11.9 Å². The summed E-state index contributed by atoms with van der Waals surface area (Å²) in [6, 6.07) is 17.4. The molecule has 0 aromatic heterocycles. The molecule has 0 spiro atoms. The summed E-state index contributed by atoms with van der Waals surface area (Å²) in [5.41, 5.74) is -0.0598. The van der Waals surface area contributed by atoms with Crippen LogP contribution < -0.4 is 10.0 Å². The molecule has 2 unspecified atom stereocenters. The SMILES string of the molecule is CCOC(=O)C1(c2cccc(NS(=O)(=O)c3ccccc3)c2)Nc2cc(Cl)cc(Cl)c2C1/C=C\C(=O)OC. The molecule has 1 aliphatic heterocycles. The molecule has 0 saturated heterocycles. The molecule has 1 heterocycles. The molecule has 11 heteroatoms. The van der Waals surface area contributed by atoms with E-state index in [-0.39, 0.29) is 22.2 Å². The van der Waals surface area contributed by atoms with Crippen molar-refractivity contribution >= 4 is 56.5 Å². The van der Waals surface area contributed by atoms with Crippen LogP contribution >= 0.6 is 23.2 Å². The van der Waals surface area contributed by atoms with Gasteiger partial charge in [-0.05, 0) is 48.9 Å². The number of hydrogen-bond donors (Lipinski definition) is 2. The van der Waals surface area contributed by atoms with Gasteiger partial charge in [-0.25, -0.2) is 18.0 Å². The van der Waals surface area contributed by atoms with Gasteiger partial charge in [-0.1, -0.05) is 59.6 Å². The van der Waals surface area contributed by atoms with Crippen LogP contribution in [0.15, 0.2) is 83.8 Å². The molecule has 0 saturated carbocycles. The van der Waals surface area contributed by atoms with E-state index < -0.39 is 33.4 Å². The molecule has 3 aromatic carbocycles. The highest BCUT2D eigenvalue weighted by molar-refractivity contribution is 7.92. The fourth-order valence-corrected chi connectivity index (χ4v) is 6.11. The average molecular weight is 575 g/mol. The predicted molar refractivity (Wildman–Crippen MR) is 146 cm³/mol. The number of nitrogens with one attached hydrogen (secondary N) is 2. The second kappa shape index (κ2) is 11.1. The fourth-order valence-electron chi connectivity index (χ4n) is 4.43. The Kier molecular flexibility index (Phi) is 8.01. The molecule has 2 N–H and O–H groups in total. The van der Waals surface area contributed by atoms with Crippen molar-refractivity contribution in [3.05, 3.63) is 100 Å². The minimum absolute atomic E-state index is 0.0703. The molecule has 0 fully saturated rings. The van der Waals surface area contributed by atoms with E-state index in [0.717, 1.165) is 0 Å². The van der Waals surface area contributed by atoms with Crippen LogP contribution in [-0.4, -0.2) is 34.1 Å². The molecule has 0 aliphatic carbocycles. The molecule has 38 heavy (non-hydrogen) atoms. The molecule has 0 radical (unpaired) electrons. The summed E-state index contributed by atoms with van der Waals surface area (Å²) in [4.78, 5) is 25.8. The number of ether oxygens (including phenoxy) is 2. The van der Waals surface area contributed by atoms with Crippen molar-refractivity contribution in [2.45, 2.75) is 23.3 Å². The van der Waals surface area contributed by atoms with Crippen LogP contribution in [0.25, 0.3) is 0 Å². The van der Waals surface area contributed by atoms with Gasteiger partial charge in [-0.2, -0.15) is 0 Å².